The molecule has 3 amide bonds. The molecule has 0 unspecified atom stereocenters. The molecule has 3 N–H and O–H groups in total. The van der Waals surface area contributed by atoms with Crippen LogP contribution in [0.4, 0.5) is 11.5 Å². The maximum atomic E-state index is 12.9. The van der Waals surface area contributed by atoms with E-state index in [1.807, 2.05) is 0 Å². The van der Waals surface area contributed by atoms with Crippen molar-refractivity contribution in [3.05, 3.63) is 53.2 Å². The van der Waals surface area contributed by atoms with E-state index in [2.05, 4.69) is 4.98 Å². The van der Waals surface area contributed by atoms with Gasteiger partial charge in [0, 0.05) is 26.2 Å². The molecule has 0 radical (unpaired) electrons. The van der Waals surface area contributed by atoms with E-state index in [1.54, 1.807) is 25.2 Å². The third-order valence-electron chi connectivity index (χ3n) is 4.99. The molecule has 1 aliphatic heterocycles. The largest absolute Gasteiger partial charge is 0.481 e. The average Bonchev–Trinajstić information content (AvgIpc) is 2.82. The van der Waals surface area contributed by atoms with Crippen molar-refractivity contribution in [2.75, 3.05) is 37.8 Å². The zero-order chi connectivity index (χ0) is 22.7. The third kappa shape index (κ3) is 4.80. The lowest BCUT2D eigenvalue weighted by Gasteiger charge is -2.20. The number of nitrogens with zero attached hydrogens (tertiary/aromatic N) is 4. The average molecular weight is 425 g/mol. The summed E-state index contributed by atoms with van der Waals surface area (Å²) in [5, 5.41) is 8.90. The van der Waals surface area contributed by atoms with E-state index in [1.165, 1.54) is 39.9 Å². The second-order valence-corrected chi connectivity index (χ2v) is 7.27. The van der Waals surface area contributed by atoms with Crippen LogP contribution in [0.25, 0.3) is 0 Å². The van der Waals surface area contributed by atoms with Gasteiger partial charge in [0.05, 0.1) is 29.9 Å². The number of carboxylic acids is 1. The molecule has 0 spiro atoms. The van der Waals surface area contributed by atoms with Gasteiger partial charge in [-0.15, -0.1) is 0 Å². The Kier molecular flexibility index (Phi) is 6.19. The van der Waals surface area contributed by atoms with Crippen LogP contribution >= 0.6 is 0 Å². The lowest BCUT2D eigenvalue weighted by Crippen LogP contribution is -2.38. The minimum absolute atomic E-state index is 0.0796. The van der Waals surface area contributed by atoms with Gasteiger partial charge in [-0.3, -0.25) is 19.2 Å². The van der Waals surface area contributed by atoms with Gasteiger partial charge in [0.1, 0.15) is 12.4 Å². The normalized spacial score (nSPS) is 13.6. The number of aliphatic carboxylic acids is 1. The zero-order valence-corrected chi connectivity index (χ0v) is 17.2. The maximum absolute atomic E-state index is 12.9. The number of hydrogen-bond donors (Lipinski definition) is 2. The Balaban J connectivity index is 1.86. The molecule has 0 atom stereocenters. The van der Waals surface area contributed by atoms with Crippen molar-refractivity contribution in [3.63, 3.8) is 0 Å². The molecule has 2 aromatic rings. The Bertz CT molecular complexity index is 1050. The van der Waals surface area contributed by atoms with Crippen molar-refractivity contribution in [2.45, 2.75) is 13.0 Å². The number of fused-ring (bicyclic) bond motifs is 1. The summed E-state index contributed by atoms with van der Waals surface area (Å²) in [5.74, 6) is -1.84. The van der Waals surface area contributed by atoms with Crippen LogP contribution < -0.4 is 10.6 Å². The molecule has 0 aliphatic carbocycles. The van der Waals surface area contributed by atoms with E-state index in [4.69, 9.17) is 10.8 Å². The first kappa shape index (κ1) is 21.8. The van der Waals surface area contributed by atoms with Crippen LogP contribution in [0.2, 0.25) is 0 Å². The van der Waals surface area contributed by atoms with Gasteiger partial charge < -0.3 is 25.5 Å². The Hall–Kier alpha value is -3.95. The van der Waals surface area contributed by atoms with E-state index in [-0.39, 0.29) is 43.4 Å². The summed E-state index contributed by atoms with van der Waals surface area (Å²) in [6.45, 7) is -0.0803. The van der Waals surface area contributed by atoms with Crippen molar-refractivity contribution < 1.29 is 24.3 Å². The fraction of sp³-hybridized carbons (Fsp3) is 0.286. The number of anilines is 2. The first-order chi connectivity index (χ1) is 14.7. The smallest absolute Gasteiger partial charge is 0.305 e. The predicted octanol–water partition coefficient (Wildman–Crippen LogP) is 0.829. The fourth-order valence-corrected chi connectivity index (χ4v) is 3.30. The Morgan fingerprint density at radius 1 is 1.23 bits per heavy atom. The number of hydrogen-bond acceptors (Lipinski definition) is 6. The Labute approximate surface area is 178 Å². The molecule has 1 aliphatic rings. The highest BCUT2D eigenvalue weighted by Crippen LogP contribution is 2.27. The van der Waals surface area contributed by atoms with E-state index < -0.39 is 11.9 Å². The number of nitrogen functional groups attached to an aromatic ring is 1. The van der Waals surface area contributed by atoms with Crippen molar-refractivity contribution in [1.29, 1.82) is 0 Å². The number of nitrogens with two attached hydrogens (primary N) is 1. The summed E-state index contributed by atoms with van der Waals surface area (Å²) in [5.41, 5.74) is 7.14. The summed E-state index contributed by atoms with van der Waals surface area (Å²) in [6, 6.07) is 9.66. The highest BCUT2D eigenvalue weighted by Gasteiger charge is 2.30. The molecular weight excluding hydrogens is 402 g/mol. The molecule has 0 fully saturated rings. The van der Waals surface area contributed by atoms with Crippen molar-refractivity contribution in [3.8, 4) is 0 Å². The minimum Gasteiger partial charge on any atom is -0.481 e. The number of rotatable bonds is 6. The van der Waals surface area contributed by atoms with E-state index in [0.717, 1.165) is 0 Å². The lowest BCUT2D eigenvalue weighted by atomic mass is 10.1. The van der Waals surface area contributed by atoms with Gasteiger partial charge in [-0.1, -0.05) is 6.07 Å². The minimum atomic E-state index is -1.06. The maximum Gasteiger partial charge on any atom is 0.305 e. The van der Waals surface area contributed by atoms with Gasteiger partial charge in [0.2, 0.25) is 5.91 Å². The molecule has 2 heterocycles. The summed E-state index contributed by atoms with van der Waals surface area (Å²) < 4.78 is 0. The monoisotopic (exact) mass is 425 g/mol. The van der Waals surface area contributed by atoms with Crippen LogP contribution in [-0.2, 0) is 16.1 Å². The van der Waals surface area contributed by atoms with Crippen LogP contribution in [0.3, 0.4) is 0 Å². The first-order valence-electron chi connectivity index (χ1n) is 9.56. The molecule has 0 saturated carbocycles. The van der Waals surface area contributed by atoms with Crippen LogP contribution in [0, 0.1) is 0 Å². The molecule has 3 rings (SSSR count). The third-order valence-corrected chi connectivity index (χ3v) is 4.99. The van der Waals surface area contributed by atoms with Crippen molar-refractivity contribution >= 4 is 35.2 Å². The molecule has 10 nitrogen and oxygen atoms in total. The molecular formula is C21H23N5O5. The summed E-state index contributed by atoms with van der Waals surface area (Å²) in [7, 11) is 3.14. The van der Waals surface area contributed by atoms with Crippen LogP contribution in [0.1, 0.15) is 32.8 Å². The second kappa shape index (κ2) is 8.82. The first-order valence-corrected chi connectivity index (χ1v) is 9.56. The highest BCUT2D eigenvalue weighted by molar-refractivity contribution is 6.10. The Morgan fingerprint density at radius 2 is 1.97 bits per heavy atom. The number of amides is 3. The van der Waals surface area contributed by atoms with Gasteiger partial charge in [-0.05, 0) is 30.3 Å². The van der Waals surface area contributed by atoms with Gasteiger partial charge in [-0.25, -0.2) is 4.98 Å². The molecule has 0 bridgehead atoms. The van der Waals surface area contributed by atoms with E-state index in [9.17, 15) is 19.2 Å². The van der Waals surface area contributed by atoms with Gasteiger partial charge in [0.25, 0.3) is 11.8 Å². The standard InChI is InChI=1S/C21H23N5O5/c1-24(11-14-4-3-5-17(22)23-14)20(30)13-6-7-15-16(10-13)25(2)18(27)12-26(21(15)31)9-8-19(28)29/h3-7,10H,8-9,11-12H2,1-2H3,(H2,22,23)(H,28,29). The highest BCUT2D eigenvalue weighted by atomic mass is 16.4. The van der Waals surface area contributed by atoms with Crippen molar-refractivity contribution in [1.82, 2.24) is 14.8 Å². The summed E-state index contributed by atoms with van der Waals surface area (Å²) in [6.07, 6.45) is -0.266. The SMILES string of the molecule is CN(Cc1cccc(N)n1)C(=O)c1ccc2c(c1)N(C)C(=O)CN(CCC(=O)O)C2=O. The Morgan fingerprint density at radius 3 is 2.65 bits per heavy atom. The number of benzene rings is 1. The van der Waals surface area contributed by atoms with Crippen molar-refractivity contribution in [2.24, 2.45) is 0 Å². The topological polar surface area (TPSA) is 137 Å². The van der Waals surface area contributed by atoms with Crippen LogP contribution in [0.15, 0.2) is 36.4 Å². The number of likely N-dealkylation sites (N-methyl/N-ethyl adjacent to an activating group) is 1. The number of carbonyl (C=O) groups is 4. The second-order valence-electron chi connectivity index (χ2n) is 7.27. The predicted molar refractivity (Wildman–Crippen MR) is 112 cm³/mol. The molecule has 31 heavy (non-hydrogen) atoms. The summed E-state index contributed by atoms with van der Waals surface area (Å²) >= 11 is 0. The van der Waals surface area contributed by atoms with Gasteiger partial charge in [-0.2, -0.15) is 0 Å². The van der Waals surface area contributed by atoms with E-state index >= 15 is 0 Å². The number of aromatic nitrogens is 1. The molecule has 10 heteroatoms. The quantitative estimate of drug-likeness (QED) is 0.699. The van der Waals surface area contributed by atoms with Crippen LogP contribution in [-0.4, -0.2) is 70.8 Å². The van der Waals surface area contributed by atoms with E-state index in [0.29, 0.717) is 22.8 Å². The molecule has 162 valence electrons. The zero-order valence-electron chi connectivity index (χ0n) is 17.2. The summed E-state index contributed by atoms with van der Waals surface area (Å²) in [4.78, 5) is 57.4. The van der Waals surface area contributed by atoms with Gasteiger partial charge in [0.15, 0.2) is 0 Å². The lowest BCUT2D eigenvalue weighted by molar-refractivity contribution is -0.137. The van der Waals surface area contributed by atoms with Crippen LogP contribution in [0.5, 0.6) is 0 Å². The fourth-order valence-electron chi connectivity index (χ4n) is 3.30. The molecule has 1 aromatic carbocycles. The number of pyridine rings is 1. The van der Waals surface area contributed by atoms with Gasteiger partial charge >= 0.3 is 5.97 Å². The number of carboxylic acid groups (broad SMARTS) is 1. The molecule has 1 aromatic heterocycles. The number of carbonyl (C=O) groups excluding carboxylic acids is 3. The molecule has 0 saturated heterocycles.